The molecule has 0 aliphatic carbocycles. The van der Waals surface area contributed by atoms with Gasteiger partial charge in [-0.25, -0.2) is 0 Å². The summed E-state index contributed by atoms with van der Waals surface area (Å²) < 4.78 is 0. The fourth-order valence-corrected chi connectivity index (χ4v) is 1.62. The number of likely N-dealkylation sites (tertiary alicyclic amines) is 1. The highest BCUT2D eigenvalue weighted by molar-refractivity contribution is 6.01. The lowest BCUT2D eigenvalue weighted by atomic mass is 10.1. The van der Waals surface area contributed by atoms with Crippen LogP contribution in [0.2, 0.25) is 0 Å². The van der Waals surface area contributed by atoms with Crippen molar-refractivity contribution < 1.29 is 9.90 Å². The molecular formula is C11H12N2O2. The van der Waals surface area contributed by atoms with E-state index in [-0.39, 0.29) is 11.7 Å². The average Bonchev–Trinajstić information content (AvgIpc) is 2.60. The quantitative estimate of drug-likeness (QED) is 0.552. The molecule has 2 heterocycles. The maximum absolute atomic E-state index is 11.6. The third kappa shape index (κ3) is 1.70. The summed E-state index contributed by atoms with van der Waals surface area (Å²) in [5.74, 6) is -0.0474. The zero-order valence-corrected chi connectivity index (χ0v) is 8.47. The van der Waals surface area contributed by atoms with Gasteiger partial charge in [0.25, 0.3) is 5.91 Å². The molecule has 1 aromatic rings. The highest BCUT2D eigenvalue weighted by atomic mass is 16.3. The highest BCUT2D eigenvalue weighted by Gasteiger charge is 2.26. The molecule has 78 valence electrons. The highest BCUT2D eigenvalue weighted by Crippen LogP contribution is 2.23. The molecule has 4 nitrogen and oxygen atoms in total. The molecule has 2 rings (SSSR count). The van der Waals surface area contributed by atoms with Crippen LogP contribution in [0.5, 0.6) is 0 Å². The Hall–Kier alpha value is -1.84. The van der Waals surface area contributed by atoms with Gasteiger partial charge in [0.05, 0.1) is 5.57 Å². The second-order valence-corrected chi connectivity index (χ2v) is 3.55. The number of carbonyl (C=O) groups is 1. The summed E-state index contributed by atoms with van der Waals surface area (Å²) in [7, 11) is 1.73. The summed E-state index contributed by atoms with van der Waals surface area (Å²) in [6.45, 7) is 0.665. The number of rotatable bonds is 1. The normalized spacial score (nSPS) is 19.5. The van der Waals surface area contributed by atoms with Gasteiger partial charge < -0.3 is 10.0 Å². The van der Waals surface area contributed by atoms with Crippen molar-refractivity contribution in [3.63, 3.8) is 0 Å². The molecule has 0 bridgehead atoms. The van der Waals surface area contributed by atoms with Gasteiger partial charge in [-0.1, -0.05) is 0 Å². The molecule has 0 atom stereocenters. The number of carbonyl (C=O) groups excluding carboxylic acids is 1. The zero-order valence-electron chi connectivity index (χ0n) is 8.47. The monoisotopic (exact) mass is 204 g/mol. The molecule has 0 saturated carbocycles. The van der Waals surface area contributed by atoms with Gasteiger partial charge in [0.2, 0.25) is 0 Å². The summed E-state index contributed by atoms with van der Waals surface area (Å²) in [6, 6.07) is 3.47. The Kier molecular flexibility index (Phi) is 2.41. The van der Waals surface area contributed by atoms with Crippen molar-refractivity contribution in [3.8, 4) is 0 Å². The predicted molar refractivity (Wildman–Crippen MR) is 56.0 cm³/mol. The Labute approximate surface area is 87.9 Å². The van der Waals surface area contributed by atoms with Gasteiger partial charge >= 0.3 is 0 Å². The largest absolute Gasteiger partial charge is 0.507 e. The van der Waals surface area contributed by atoms with Crippen molar-refractivity contribution in [2.75, 3.05) is 13.6 Å². The van der Waals surface area contributed by atoms with E-state index in [4.69, 9.17) is 0 Å². The molecule has 1 saturated heterocycles. The van der Waals surface area contributed by atoms with Crippen molar-refractivity contribution in [3.05, 3.63) is 35.7 Å². The minimum atomic E-state index is -0.101. The molecule has 4 heteroatoms. The third-order valence-electron chi connectivity index (χ3n) is 2.52. The van der Waals surface area contributed by atoms with Crippen LogP contribution in [-0.4, -0.2) is 34.5 Å². The van der Waals surface area contributed by atoms with E-state index in [1.807, 2.05) is 0 Å². The van der Waals surface area contributed by atoms with Crippen LogP contribution in [0, 0.1) is 0 Å². The molecule has 1 aliphatic heterocycles. The number of pyridine rings is 1. The second-order valence-electron chi connectivity index (χ2n) is 3.55. The van der Waals surface area contributed by atoms with Crippen LogP contribution in [0.25, 0.3) is 5.76 Å². The molecule has 0 spiro atoms. The number of aliphatic hydroxyl groups excluding tert-OH is 1. The van der Waals surface area contributed by atoms with E-state index in [2.05, 4.69) is 4.98 Å². The first-order chi connectivity index (χ1) is 7.20. The van der Waals surface area contributed by atoms with Crippen LogP contribution >= 0.6 is 0 Å². The van der Waals surface area contributed by atoms with E-state index in [1.165, 1.54) is 0 Å². The number of nitrogens with zero attached hydrogens (tertiary/aromatic N) is 2. The van der Waals surface area contributed by atoms with Crippen LogP contribution in [0.15, 0.2) is 30.1 Å². The van der Waals surface area contributed by atoms with E-state index >= 15 is 0 Å². The summed E-state index contributed by atoms with van der Waals surface area (Å²) >= 11 is 0. The molecule has 1 N–H and O–H groups in total. The lowest BCUT2D eigenvalue weighted by Crippen LogP contribution is -2.19. The molecular weight excluding hydrogens is 192 g/mol. The summed E-state index contributed by atoms with van der Waals surface area (Å²) in [4.78, 5) is 17.1. The average molecular weight is 204 g/mol. The van der Waals surface area contributed by atoms with Gasteiger partial charge in [-0.2, -0.15) is 0 Å². The van der Waals surface area contributed by atoms with E-state index in [0.29, 0.717) is 24.1 Å². The lowest BCUT2D eigenvalue weighted by Gasteiger charge is -2.06. The summed E-state index contributed by atoms with van der Waals surface area (Å²) in [5, 5.41) is 9.90. The van der Waals surface area contributed by atoms with Crippen molar-refractivity contribution in [1.82, 2.24) is 9.88 Å². The van der Waals surface area contributed by atoms with E-state index < -0.39 is 0 Å². The maximum atomic E-state index is 11.6. The Morgan fingerprint density at radius 2 is 2.40 bits per heavy atom. The number of amides is 1. The third-order valence-corrected chi connectivity index (χ3v) is 2.52. The maximum Gasteiger partial charge on any atom is 0.253 e. The Morgan fingerprint density at radius 3 is 2.93 bits per heavy atom. The fraction of sp³-hybridized carbons (Fsp3) is 0.273. The van der Waals surface area contributed by atoms with Crippen molar-refractivity contribution in [2.45, 2.75) is 6.42 Å². The molecule has 1 aliphatic rings. The smallest absolute Gasteiger partial charge is 0.253 e. The summed E-state index contributed by atoms with van der Waals surface area (Å²) in [5.41, 5.74) is 1.07. The van der Waals surface area contributed by atoms with Crippen LogP contribution in [0.4, 0.5) is 0 Å². The summed E-state index contributed by atoms with van der Waals surface area (Å²) in [6.07, 6.45) is 3.77. The Bertz CT molecular complexity index is 412. The standard InChI is InChI=1S/C11H12N2O2/c1-13-6-4-9(11(13)15)10(14)8-3-2-5-12-7-8/h2-3,5,7,14H,4,6H2,1H3. The van der Waals surface area contributed by atoms with E-state index in [0.717, 1.165) is 0 Å². The van der Waals surface area contributed by atoms with Gasteiger partial charge in [0, 0.05) is 31.5 Å². The van der Waals surface area contributed by atoms with Crippen molar-refractivity contribution >= 4 is 11.7 Å². The molecule has 0 unspecified atom stereocenters. The van der Waals surface area contributed by atoms with Crippen LogP contribution in [-0.2, 0) is 4.79 Å². The number of aromatic nitrogens is 1. The topological polar surface area (TPSA) is 53.4 Å². The van der Waals surface area contributed by atoms with Crippen LogP contribution in [0.1, 0.15) is 12.0 Å². The van der Waals surface area contributed by atoms with Crippen molar-refractivity contribution in [1.29, 1.82) is 0 Å². The SMILES string of the molecule is CN1CCC(=C(O)c2cccnc2)C1=O. The Balaban J connectivity index is 2.39. The zero-order chi connectivity index (χ0) is 10.8. The van der Waals surface area contributed by atoms with Gasteiger partial charge in [-0.3, -0.25) is 9.78 Å². The molecule has 15 heavy (non-hydrogen) atoms. The van der Waals surface area contributed by atoms with Gasteiger partial charge in [-0.05, 0) is 18.6 Å². The fourth-order valence-electron chi connectivity index (χ4n) is 1.62. The van der Waals surface area contributed by atoms with Crippen molar-refractivity contribution in [2.24, 2.45) is 0 Å². The minimum Gasteiger partial charge on any atom is -0.507 e. The van der Waals surface area contributed by atoms with E-state index in [1.54, 1.807) is 36.5 Å². The number of aliphatic hydroxyl groups is 1. The molecule has 1 amide bonds. The molecule has 1 fully saturated rings. The Morgan fingerprint density at radius 1 is 1.60 bits per heavy atom. The first-order valence-electron chi connectivity index (χ1n) is 4.78. The van der Waals surface area contributed by atoms with Crippen LogP contribution in [0.3, 0.4) is 0 Å². The van der Waals surface area contributed by atoms with Crippen LogP contribution < -0.4 is 0 Å². The number of hydrogen-bond donors (Lipinski definition) is 1. The molecule has 0 aromatic carbocycles. The van der Waals surface area contributed by atoms with Gasteiger partial charge in [0.1, 0.15) is 5.76 Å². The van der Waals surface area contributed by atoms with E-state index in [9.17, 15) is 9.90 Å². The minimum absolute atomic E-state index is 0.0532. The number of likely N-dealkylation sites (N-methyl/N-ethyl adjacent to an activating group) is 1. The predicted octanol–water partition coefficient (Wildman–Crippen LogP) is 1.21. The lowest BCUT2D eigenvalue weighted by molar-refractivity contribution is -0.123. The van der Waals surface area contributed by atoms with Gasteiger partial charge in [0.15, 0.2) is 0 Å². The molecule has 0 radical (unpaired) electrons. The number of hydrogen-bond acceptors (Lipinski definition) is 3. The van der Waals surface area contributed by atoms with Gasteiger partial charge in [-0.15, -0.1) is 0 Å². The first kappa shape index (κ1) is 9.71. The second kappa shape index (κ2) is 3.73. The molecule has 1 aromatic heterocycles. The first-order valence-corrected chi connectivity index (χ1v) is 4.78.